The van der Waals surface area contributed by atoms with Crippen LogP contribution in [0.2, 0.25) is 5.15 Å². The van der Waals surface area contributed by atoms with Crippen LogP contribution >= 0.6 is 35.6 Å². The summed E-state index contributed by atoms with van der Waals surface area (Å²) in [5.41, 5.74) is 1.89. The lowest BCUT2D eigenvalue weighted by atomic mass is 10.1. The van der Waals surface area contributed by atoms with Gasteiger partial charge in [-0.2, -0.15) is 5.26 Å². The van der Waals surface area contributed by atoms with E-state index in [-0.39, 0.29) is 36.3 Å². The van der Waals surface area contributed by atoms with Gasteiger partial charge in [0.05, 0.1) is 11.6 Å². The van der Waals surface area contributed by atoms with E-state index >= 15 is 0 Å². The summed E-state index contributed by atoms with van der Waals surface area (Å²) < 4.78 is 13.7. The predicted octanol–water partition coefficient (Wildman–Crippen LogP) is 3.27. The molecule has 1 heterocycles. The van der Waals surface area contributed by atoms with Gasteiger partial charge in [0.2, 0.25) is 0 Å². The van der Waals surface area contributed by atoms with E-state index in [0.29, 0.717) is 28.8 Å². The third kappa shape index (κ3) is 6.84. The van der Waals surface area contributed by atoms with Gasteiger partial charge in [-0.05, 0) is 36.2 Å². The summed E-state index contributed by atoms with van der Waals surface area (Å²) in [6, 6.07) is 9.92. The molecule has 2 aromatic rings. The van der Waals surface area contributed by atoms with E-state index in [1.165, 1.54) is 18.2 Å². The van der Waals surface area contributed by atoms with Crippen molar-refractivity contribution in [1.29, 1.82) is 5.26 Å². The van der Waals surface area contributed by atoms with E-state index in [9.17, 15) is 4.39 Å². The number of pyridine rings is 1. The molecule has 0 radical (unpaired) electrons. The minimum atomic E-state index is -0.357. The molecule has 0 aliphatic carbocycles. The van der Waals surface area contributed by atoms with Gasteiger partial charge in [0, 0.05) is 31.9 Å². The molecule has 8 heteroatoms. The summed E-state index contributed by atoms with van der Waals surface area (Å²) >= 11 is 5.75. The summed E-state index contributed by atoms with van der Waals surface area (Å²) in [6.45, 7) is 0.882. The molecule has 0 aliphatic heterocycles. The number of nitrogens with one attached hydrogen (secondary N) is 2. The zero-order valence-corrected chi connectivity index (χ0v) is 16.7. The summed E-state index contributed by atoms with van der Waals surface area (Å²) in [5, 5.41) is 15.5. The number of nitriles is 1. The fourth-order valence-electron chi connectivity index (χ4n) is 2.06. The Balaban J connectivity index is 0.00000312. The van der Waals surface area contributed by atoms with Gasteiger partial charge >= 0.3 is 0 Å². The van der Waals surface area contributed by atoms with E-state index in [1.54, 1.807) is 19.3 Å². The second-order valence-corrected chi connectivity index (χ2v) is 5.40. The van der Waals surface area contributed by atoms with Crippen LogP contribution in [0.4, 0.5) is 4.39 Å². The van der Waals surface area contributed by atoms with Crippen LogP contribution in [0.15, 0.2) is 41.5 Å². The highest BCUT2D eigenvalue weighted by atomic mass is 127. The first kappa shape index (κ1) is 21.1. The molecule has 0 saturated carbocycles. The van der Waals surface area contributed by atoms with E-state index < -0.39 is 0 Å². The average Bonchev–Trinajstić information content (AvgIpc) is 2.60. The first-order valence-electron chi connectivity index (χ1n) is 7.36. The van der Waals surface area contributed by atoms with Gasteiger partial charge in [-0.1, -0.05) is 17.7 Å². The van der Waals surface area contributed by atoms with Crippen molar-refractivity contribution < 1.29 is 4.39 Å². The van der Waals surface area contributed by atoms with Crippen LogP contribution in [0.25, 0.3) is 0 Å². The smallest absolute Gasteiger partial charge is 0.191 e. The van der Waals surface area contributed by atoms with Gasteiger partial charge in [-0.15, -0.1) is 24.0 Å². The molecular formula is C17H18ClFIN5. The van der Waals surface area contributed by atoms with Crippen LogP contribution in [-0.4, -0.2) is 24.5 Å². The molecule has 0 aliphatic rings. The van der Waals surface area contributed by atoms with E-state index in [0.717, 1.165) is 12.0 Å². The zero-order chi connectivity index (χ0) is 17.4. The van der Waals surface area contributed by atoms with Gasteiger partial charge in [0.15, 0.2) is 5.96 Å². The Morgan fingerprint density at radius 2 is 2.12 bits per heavy atom. The Labute approximate surface area is 168 Å². The van der Waals surface area contributed by atoms with Crippen molar-refractivity contribution in [3.63, 3.8) is 0 Å². The number of rotatable bonds is 5. The van der Waals surface area contributed by atoms with Crippen molar-refractivity contribution >= 4 is 41.5 Å². The number of guanidine groups is 1. The van der Waals surface area contributed by atoms with Crippen molar-refractivity contribution in [2.45, 2.75) is 13.0 Å². The Morgan fingerprint density at radius 3 is 2.76 bits per heavy atom. The molecule has 5 nitrogen and oxygen atoms in total. The Kier molecular flexibility index (Phi) is 9.16. The molecule has 2 N–H and O–H groups in total. The van der Waals surface area contributed by atoms with Crippen molar-refractivity contribution in [2.24, 2.45) is 4.99 Å². The third-order valence-corrected chi connectivity index (χ3v) is 3.56. The number of hydrogen-bond donors (Lipinski definition) is 2. The van der Waals surface area contributed by atoms with Gasteiger partial charge in [0.25, 0.3) is 0 Å². The first-order chi connectivity index (χ1) is 11.6. The number of halogens is 3. The largest absolute Gasteiger partial charge is 0.356 e. The van der Waals surface area contributed by atoms with Crippen molar-refractivity contribution in [2.75, 3.05) is 13.6 Å². The predicted molar refractivity (Wildman–Crippen MR) is 108 cm³/mol. The number of aromatic nitrogens is 1. The minimum absolute atomic E-state index is 0. The van der Waals surface area contributed by atoms with E-state index in [4.69, 9.17) is 16.9 Å². The number of hydrogen-bond acceptors (Lipinski definition) is 3. The maximum Gasteiger partial charge on any atom is 0.191 e. The molecule has 1 aromatic heterocycles. The molecule has 0 amide bonds. The molecule has 0 bridgehead atoms. The topological polar surface area (TPSA) is 73.1 Å². The summed E-state index contributed by atoms with van der Waals surface area (Å²) in [7, 11) is 1.64. The lowest BCUT2D eigenvalue weighted by Crippen LogP contribution is -2.38. The summed E-state index contributed by atoms with van der Waals surface area (Å²) in [6.07, 6.45) is 2.48. The monoisotopic (exact) mass is 473 g/mol. The second-order valence-electron chi connectivity index (χ2n) is 5.01. The van der Waals surface area contributed by atoms with Crippen molar-refractivity contribution in [3.05, 3.63) is 64.2 Å². The molecule has 0 spiro atoms. The molecule has 1 aromatic carbocycles. The second kappa shape index (κ2) is 10.8. The number of benzene rings is 1. The van der Waals surface area contributed by atoms with E-state index in [2.05, 4.69) is 20.6 Å². The van der Waals surface area contributed by atoms with Crippen LogP contribution in [-0.2, 0) is 13.0 Å². The summed E-state index contributed by atoms with van der Waals surface area (Å²) in [4.78, 5) is 8.11. The fraction of sp³-hybridized carbons (Fsp3) is 0.235. The van der Waals surface area contributed by atoms with Gasteiger partial charge in [-0.25, -0.2) is 9.37 Å². The molecule has 0 saturated heterocycles. The molecule has 132 valence electrons. The van der Waals surface area contributed by atoms with Crippen LogP contribution < -0.4 is 10.6 Å². The highest BCUT2D eigenvalue weighted by Gasteiger charge is 2.05. The quantitative estimate of drug-likeness (QED) is 0.303. The number of aliphatic imine (C=N–C) groups is 1. The lowest BCUT2D eigenvalue weighted by Gasteiger charge is -2.12. The number of nitrogens with zero attached hydrogens (tertiary/aromatic N) is 3. The van der Waals surface area contributed by atoms with Gasteiger partial charge < -0.3 is 10.6 Å². The maximum absolute atomic E-state index is 13.7. The van der Waals surface area contributed by atoms with Gasteiger partial charge in [0.1, 0.15) is 11.0 Å². The Morgan fingerprint density at radius 1 is 1.32 bits per heavy atom. The van der Waals surface area contributed by atoms with Crippen molar-refractivity contribution in [1.82, 2.24) is 15.6 Å². The molecule has 25 heavy (non-hydrogen) atoms. The summed E-state index contributed by atoms with van der Waals surface area (Å²) in [5.74, 6) is 0.197. The molecule has 0 atom stereocenters. The lowest BCUT2D eigenvalue weighted by molar-refractivity contribution is 0.604. The molecule has 0 fully saturated rings. The maximum atomic E-state index is 13.7. The molecular weight excluding hydrogens is 456 g/mol. The Hall–Kier alpha value is -1.92. The van der Waals surface area contributed by atoms with E-state index in [1.807, 2.05) is 12.1 Å². The van der Waals surface area contributed by atoms with Crippen LogP contribution in [0.1, 0.15) is 16.7 Å². The molecule has 2 rings (SSSR count). The third-order valence-electron chi connectivity index (χ3n) is 3.34. The minimum Gasteiger partial charge on any atom is -0.356 e. The van der Waals surface area contributed by atoms with Crippen LogP contribution in [0, 0.1) is 17.1 Å². The van der Waals surface area contributed by atoms with Crippen molar-refractivity contribution in [3.8, 4) is 6.07 Å². The van der Waals surface area contributed by atoms with Crippen LogP contribution in [0.3, 0.4) is 0 Å². The first-order valence-corrected chi connectivity index (χ1v) is 7.73. The SMILES string of the molecule is CN=C(NCCc1ccc(Cl)nc1)NCc1cc(C#N)ccc1F.I. The zero-order valence-electron chi connectivity index (χ0n) is 13.6. The standard InChI is InChI=1S/C17H17ClFN5.HI/c1-21-17(22-7-6-12-3-5-16(18)23-10-12)24-11-14-8-13(9-20)2-4-15(14)19;/h2-5,8,10H,6-7,11H2,1H3,(H2,21,22,24);1H. The highest BCUT2D eigenvalue weighted by molar-refractivity contribution is 14.0. The molecule has 0 unspecified atom stereocenters. The van der Waals surface area contributed by atoms with Crippen LogP contribution in [0.5, 0.6) is 0 Å². The Bertz CT molecular complexity index is 759. The average molecular weight is 474 g/mol. The highest BCUT2D eigenvalue weighted by Crippen LogP contribution is 2.09. The fourth-order valence-corrected chi connectivity index (χ4v) is 2.17. The van der Waals surface area contributed by atoms with Gasteiger partial charge in [-0.3, -0.25) is 4.99 Å². The normalized spacial score (nSPS) is 10.6.